The maximum Gasteiger partial charge on any atom is 0.251 e. The highest BCUT2D eigenvalue weighted by atomic mass is 16.1. The van der Waals surface area contributed by atoms with Crippen LogP contribution >= 0.6 is 0 Å². The van der Waals surface area contributed by atoms with Gasteiger partial charge in [-0.05, 0) is 55.9 Å². The minimum absolute atomic E-state index is 0.0202. The van der Waals surface area contributed by atoms with Gasteiger partial charge < -0.3 is 15.6 Å². The molecule has 1 aliphatic rings. The SMILES string of the molecule is CCC(C)c1[nH]ccc1Nc1cc(C(=O)NC2CC2)ccc1C. The maximum atomic E-state index is 12.2. The van der Waals surface area contributed by atoms with Crippen molar-refractivity contribution in [2.24, 2.45) is 0 Å². The molecule has 2 aromatic rings. The first-order valence-corrected chi connectivity index (χ1v) is 8.44. The van der Waals surface area contributed by atoms with Crippen LogP contribution in [0.2, 0.25) is 0 Å². The molecule has 1 saturated carbocycles. The number of H-pyrrole nitrogens is 1. The van der Waals surface area contributed by atoms with E-state index in [1.165, 1.54) is 5.69 Å². The fourth-order valence-electron chi connectivity index (χ4n) is 2.64. The fraction of sp³-hybridized carbons (Fsp3) is 0.421. The minimum atomic E-state index is 0.0202. The lowest BCUT2D eigenvalue weighted by molar-refractivity contribution is 0.0951. The predicted molar refractivity (Wildman–Crippen MR) is 94.4 cm³/mol. The van der Waals surface area contributed by atoms with Crippen molar-refractivity contribution in [2.75, 3.05) is 5.32 Å². The number of benzene rings is 1. The van der Waals surface area contributed by atoms with E-state index in [2.05, 4.69) is 42.5 Å². The molecule has 0 spiro atoms. The minimum Gasteiger partial charge on any atom is -0.363 e. The van der Waals surface area contributed by atoms with Crippen molar-refractivity contribution in [3.63, 3.8) is 0 Å². The molecule has 0 bridgehead atoms. The summed E-state index contributed by atoms with van der Waals surface area (Å²) in [6.45, 7) is 6.45. The van der Waals surface area contributed by atoms with Crippen LogP contribution in [0.15, 0.2) is 30.5 Å². The van der Waals surface area contributed by atoms with Crippen LogP contribution in [0.1, 0.15) is 60.6 Å². The van der Waals surface area contributed by atoms with Crippen molar-refractivity contribution in [3.8, 4) is 0 Å². The van der Waals surface area contributed by atoms with Gasteiger partial charge in [0.25, 0.3) is 5.91 Å². The van der Waals surface area contributed by atoms with Gasteiger partial charge in [-0.3, -0.25) is 4.79 Å². The zero-order valence-electron chi connectivity index (χ0n) is 14.1. The number of carbonyl (C=O) groups is 1. The topological polar surface area (TPSA) is 56.9 Å². The van der Waals surface area contributed by atoms with Crippen LogP contribution in [-0.4, -0.2) is 16.9 Å². The monoisotopic (exact) mass is 311 g/mol. The lowest BCUT2D eigenvalue weighted by Gasteiger charge is -2.15. The number of rotatable bonds is 6. The molecule has 1 aliphatic carbocycles. The molecule has 1 aromatic carbocycles. The summed E-state index contributed by atoms with van der Waals surface area (Å²) in [5.74, 6) is 0.487. The summed E-state index contributed by atoms with van der Waals surface area (Å²) in [5.41, 5.74) is 5.12. The van der Waals surface area contributed by atoms with E-state index in [4.69, 9.17) is 0 Å². The van der Waals surface area contributed by atoms with Gasteiger partial charge in [-0.2, -0.15) is 0 Å². The number of nitrogens with one attached hydrogen (secondary N) is 3. The van der Waals surface area contributed by atoms with Gasteiger partial charge in [-0.1, -0.05) is 19.9 Å². The molecule has 3 rings (SSSR count). The number of hydrogen-bond donors (Lipinski definition) is 3. The average molecular weight is 311 g/mol. The highest BCUT2D eigenvalue weighted by Gasteiger charge is 2.24. The highest BCUT2D eigenvalue weighted by Crippen LogP contribution is 2.30. The summed E-state index contributed by atoms with van der Waals surface area (Å²) >= 11 is 0. The number of anilines is 2. The van der Waals surface area contributed by atoms with Gasteiger partial charge in [0.15, 0.2) is 0 Å². The van der Waals surface area contributed by atoms with Crippen LogP contribution in [-0.2, 0) is 0 Å². The number of carbonyl (C=O) groups excluding carboxylic acids is 1. The summed E-state index contributed by atoms with van der Waals surface area (Å²) < 4.78 is 0. The van der Waals surface area contributed by atoms with Crippen molar-refractivity contribution in [3.05, 3.63) is 47.3 Å². The number of hydrogen-bond acceptors (Lipinski definition) is 2. The Labute approximate surface area is 137 Å². The Bertz CT molecular complexity index is 700. The molecule has 1 heterocycles. The van der Waals surface area contributed by atoms with E-state index in [1.54, 1.807) is 0 Å². The lowest BCUT2D eigenvalue weighted by atomic mass is 10.0. The quantitative estimate of drug-likeness (QED) is 0.737. The molecule has 122 valence electrons. The first-order chi connectivity index (χ1) is 11.1. The second-order valence-corrected chi connectivity index (χ2v) is 6.52. The van der Waals surface area contributed by atoms with Crippen LogP contribution in [0, 0.1) is 6.92 Å². The third-order valence-electron chi connectivity index (χ3n) is 4.57. The summed E-state index contributed by atoms with van der Waals surface area (Å²) in [4.78, 5) is 15.6. The highest BCUT2D eigenvalue weighted by molar-refractivity contribution is 5.96. The number of aryl methyl sites for hydroxylation is 1. The molecular weight excluding hydrogens is 286 g/mol. The summed E-state index contributed by atoms with van der Waals surface area (Å²) in [6, 6.07) is 8.27. The smallest absolute Gasteiger partial charge is 0.251 e. The zero-order chi connectivity index (χ0) is 16.4. The van der Waals surface area contributed by atoms with E-state index in [1.807, 2.05) is 24.4 Å². The Balaban J connectivity index is 1.82. The normalized spacial score (nSPS) is 15.3. The van der Waals surface area contributed by atoms with Gasteiger partial charge in [0.05, 0.1) is 5.69 Å². The predicted octanol–water partition coefficient (Wildman–Crippen LogP) is 4.47. The van der Waals surface area contributed by atoms with Gasteiger partial charge in [-0.25, -0.2) is 0 Å². The molecule has 1 atom stereocenters. The van der Waals surface area contributed by atoms with Crippen molar-refractivity contribution in [1.29, 1.82) is 0 Å². The average Bonchev–Trinajstić information content (AvgIpc) is 3.24. The third-order valence-corrected chi connectivity index (χ3v) is 4.57. The first-order valence-electron chi connectivity index (χ1n) is 8.44. The van der Waals surface area contributed by atoms with Crippen LogP contribution in [0.3, 0.4) is 0 Å². The summed E-state index contributed by atoms with van der Waals surface area (Å²) in [5, 5.41) is 6.53. The summed E-state index contributed by atoms with van der Waals surface area (Å²) in [7, 11) is 0. The second-order valence-electron chi connectivity index (χ2n) is 6.52. The Morgan fingerprint density at radius 1 is 1.30 bits per heavy atom. The van der Waals surface area contributed by atoms with E-state index < -0.39 is 0 Å². The molecule has 1 amide bonds. The van der Waals surface area contributed by atoms with Crippen LogP contribution in [0.4, 0.5) is 11.4 Å². The van der Waals surface area contributed by atoms with Crippen molar-refractivity contribution < 1.29 is 4.79 Å². The Hall–Kier alpha value is -2.23. The molecule has 1 fully saturated rings. The first kappa shape index (κ1) is 15.7. The zero-order valence-corrected chi connectivity index (χ0v) is 14.1. The molecular formula is C19H25N3O. The largest absolute Gasteiger partial charge is 0.363 e. The number of aromatic amines is 1. The van der Waals surface area contributed by atoms with E-state index in [-0.39, 0.29) is 5.91 Å². The van der Waals surface area contributed by atoms with E-state index in [0.29, 0.717) is 17.5 Å². The van der Waals surface area contributed by atoms with Gasteiger partial charge >= 0.3 is 0 Å². The van der Waals surface area contributed by atoms with Crippen molar-refractivity contribution in [2.45, 2.75) is 52.0 Å². The molecule has 4 nitrogen and oxygen atoms in total. The molecule has 1 aromatic heterocycles. The number of amides is 1. The number of aromatic nitrogens is 1. The van der Waals surface area contributed by atoms with E-state index in [0.717, 1.165) is 36.2 Å². The third kappa shape index (κ3) is 3.58. The van der Waals surface area contributed by atoms with Crippen LogP contribution < -0.4 is 10.6 Å². The molecule has 4 heteroatoms. The fourth-order valence-corrected chi connectivity index (χ4v) is 2.64. The van der Waals surface area contributed by atoms with Gasteiger partial charge in [-0.15, -0.1) is 0 Å². The van der Waals surface area contributed by atoms with Gasteiger partial charge in [0, 0.05) is 29.2 Å². The molecule has 0 radical (unpaired) electrons. The van der Waals surface area contributed by atoms with Crippen molar-refractivity contribution in [1.82, 2.24) is 10.3 Å². The molecule has 3 N–H and O–H groups in total. The second kappa shape index (κ2) is 6.49. The molecule has 1 unspecified atom stereocenters. The standard InChI is InChI=1S/C19H25N3O/c1-4-12(2)18-16(9-10-20-18)22-17-11-14(6-5-13(17)3)19(23)21-15-7-8-15/h5-6,9-12,15,20,22H,4,7-8H2,1-3H3,(H,21,23). The Morgan fingerprint density at radius 2 is 2.09 bits per heavy atom. The van der Waals surface area contributed by atoms with E-state index in [9.17, 15) is 4.79 Å². The van der Waals surface area contributed by atoms with Crippen LogP contribution in [0.25, 0.3) is 0 Å². The van der Waals surface area contributed by atoms with Gasteiger partial charge in [0.2, 0.25) is 0 Å². The Morgan fingerprint density at radius 3 is 2.78 bits per heavy atom. The van der Waals surface area contributed by atoms with Gasteiger partial charge in [0.1, 0.15) is 0 Å². The Kier molecular flexibility index (Phi) is 4.42. The lowest BCUT2D eigenvalue weighted by Crippen LogP contribution is -2.25. The van der Waals surface area contributed by atoms with Crippen molar-refractivity contribution >= 4 is 17.3 Å². The maximum absolute atomic E-state index is 12.2. The molecule has 23 heavy (non-hydrogen) atoms. The van der Waals surface area contributed by atoms with Crippen LogP contribution in [0.5, 0.6) is 0 Å². The molecule has 0 aliphatic heterocycles. The summed E-state index contributed by atoms with van der Waals surface area (Å²) in [6.07, 6.45) is 5.25. The molecule has 0 saturated heterocycles. The van der Waals surface area contributed by atoms with E-state index >= 15 is 0 Å².